The lowest BCUT2D eigenvalue weighted by Gasteiger charge is -2.41. The van der Waals surface area contributed by atoms with Gasteiger partial charge in [0, 0.05) is 27.1 Å². The number of fused-ring (bicyclic) bond motifs is 6. The van der Waals surface area contributed by atoms with Crippen molar-refractivity contribution >= 4 is 50.1 Å². The molecule has 1 nitrogen and oxygen atoms in total. The number of allylic oxidation sites excluding steroid dienone is 4. The van der Waals surface area contributed by atoms with E-state index in [0.29, 0.717) is 0 Å². The van der Waals surface area contributed by atoms with Crippen molar-refractivity contribution in [1.82, 2.24) is 0 Å². The molecule has 40 heavy (non-hydrogen) atoms. The van der Waals surface area contributed by atoms with Gasteiger partial charge in [-0.1, -0.05) is 147 Å². The minimum atomic E-state index is -3.19. The third kappa shape index (κ3) is 3.41. The van der Waals surface area contributed by atoms with Gasteiger partial charge in [-0.05, 0) is 42.7 Å². The van der Waals surface area contributed by atoms with Crippen LogP contribution in [0.1, 0.15) is 63.8 Å². The van der Waals surface area contributed by atoms with Gasteiger partial charge in [0.1, 0.15) is 0 Å². The van der Waals surface area contributed by atoms with Gasteiger partial charge < -0.3 is 4.57 Å². The molecule has 0 fully saturated rings. The Morgan fingerprint density at radius 3 is 1.18 bits per heavy atom. The van der Waals surface area contributed by atoms with E-state index in [1.807, 2.05) is 0 Å². The van der Waals surface area contributed by atoms with Crippen molar-refractivity contribution in [3.63, 3.8) is 0 Å². The van der Waals surface area contributed by atoms with E-state index < -0.39 is 23.3 Å². The third-order valence-corrected chi connectivity index (χ3v) is 25.5. The van der Waals surface area contributed by atoms with E-state index in [-0.39, 0.29) is 10.1 Å². The van der Waals surface area contributed by atoms with Crippen LogP contribution in [0.2, 0.25) is 36.3 Å². The van der Waals surface area contributed by atoms with Crippen LogP contribution in [0.3, 0.4) is 0 Å². The lowest BCUT2D eigenvalue weighted by molar-refractivity contribution is 0.590. The van der Waals surface area contributed by atoms with E-state index in [9.17, 15) is 0 Å². The highest BCUT2D eigenvalue weighted by Crippen LogP contribution is 2.81. The zero-order valence-electron chi connectivity index (χ0n) is 25.9. The van der Waals surface area contributed by atoms with Crippen LogP contribution >= 0.6 is 7.14 Å². The summed E-state index contributed by atoms with van der Waals surface area (Å²) in [5.74, 6) is 0. The minimum Gasteiger partial charge on any atom is -0.309 e. The molecule has 0 amide bonds. The first-order chi connectivity index (χ1) is 18.6. The molecule has 1 heterocycles. The van der Waals surface area contributed by atoms with Gasteiger partial charge in [-0.3, -0.25) is 0 Å². The van der Waals surface area contributed by atoms with Crippen molar-refractivity contribution in [2.45, 2.75) is 77.8 Å². The summed E-state index contributed by atoms with van der Waals surface area (Å²) in [7, 11) is -7.41. The Morgan fingerprint density at radius 1 is 0.500 bits per heavy atom. The minimum absolute atomic E-state index is 0.107. The molecule has 0 spiro atoms. The largest absolute Gasteiger partial charge is 0.309 e. The maximum Gasteiger partial charge on any atom is 0.172 e. The van der Waals surface area contributed by atoms with E-state index in [1.165, 1.54) is 54.4 Å². The predicted molar refractivity (Wildman–Crippen MR) is 182 cm³/mol. The smallest absolute Gasteiger partial charge is 0.172 e. The summed E-state index contributed by atoms with van der Waals surface area (Å²) in [4.78, 5) is 0. The van der Waals surface area contributed by atoms with Crippen molar-refractivity contribution < 1.29 is 4.57 Å². The van der Waals surface area contributed by atoms with E-state index in [1.54, 1.807) is 0 Å². The van der Waals surface area contributed by atoms with E-state index in [4.69, 9.17) is 0 Å². The average molecular weight is 579 g/mol. The zero-order valence-corrected chi connectivity index (χ0v) is 28.8. The summed E-state index contributed by atoms with van der Waals surface area (Å²) >= 11 is 0. The number of hydrogen-bond acceptors (Lipinski definition) is 1. The van der Waals surface area contributed by atoms with Crippen molar-refractivity contribution in [3.8, 4) is 0 Å². The molecule has 0 atom stereocenters. The lowest BCUT2D eigenvalue weighted by Crippen LogP contribution is -2.39. The first kappa shape index (κ1) is 27.7. The summed E-state index contributed by atoms with van der Waals surface area (Å²) in [5, 5.41) is 6.37. The highest BCUT2D eigenvalue weighted by molar-refractivity contribution is 7.82. The maximum atomic E-state index is 16.6. The maximum absolute atomic E-state index is 16.6. The fraction of sp³-hybridized carbons (Fsp3) is 0.333. The van der Waals surface area contributed by atoms with E-state index >= 15 is 4.57 Å². The van der Waals surface area contributed by atoms with Gasteiger partial charge in [-0.25, -0.2) is 0 Å². The average Bonchev–Trinajstić information content (AvgIpc) is 3.49. The first-order valence-corrected chi connectivity index (χ1v) is 22.4. The van der Waals surface area contributed by atoms with Gasteiger partial charge in [0.05, 0.1) is 16.1 Å². The van der Waals surface area contributed by atoms with Crippen LogP contribution in [0, 0.1) is 0 Å². The quantitative estimate of drug-likeness (QED) is 0.223. The standard InChI is InChI=1S/C36H43OPSi2/c1-35(2,3)39(7,8)33-27-22-16-14-20-25(27)29-30-26-21-15-17-23-28(26)34(40(9,10)36(4,5)6)32(30)38(37,31(29)33)24-18-12-11-13-19-24/h11-23H,1-10H3. The molecular weight excluding hydrogens is 536 g/mol. The second-order valence-electron chi connectivity index (χ2n) is 15.0. The molecule has 0 N–H and O–H groups in total. The fourth-order valence-electron chi connectivity index (χ4n) is 6.76. The molecule has 6 rings (SSSR count). The van der Waals surface area contributed by atoms with Crippen LogP contribution in [-0.4, -0.2) is 16.1 Å². The third-order valence-electron chi connectivity index (χ3n) is 10.9. The Hall–Kier alpha value is -2.46. The molecule has 0 bridgehead atoms. The van der Waals surface area contributed by atoms with Crippen LogP contribution in [0.5, 0.6) is 0 Å². The predicted octanol–water partition coefficient (Wildman–Crippen LogP) is 10.8. The number of rotatable bonds is 3. The monoisotopic (exact) mass is 578 g/mol. The summed E-state index contributed by atoms with van der Waals surface area (Å²) in [6, 6.07) is 28.4. The number of benzene rings is 3. The highest BCUT2D eigenvalue weighted by atomic mass is 31.2. The summed E-state index contributed by atoms with van der Waals surface area (Å²) in [6.45, 7) is 24.3. The Morgan fingerprint density at radius 2 is 0.825 bits per heavy atom. The molecule has 1 aliphatic heterocycles. The molecule has 0 saturated carbocycles. The SMILES string of the molecule is CC(C)(C)[Si](C)(C)C1=C2C(=C3C(=C([Si](C)(C)C(C)(C)C)c4ccccc43)P2(=O)c2ccccc2)c2ccccc21. The summed E-state index contributed by atoms with van der Waals surface area (Å²) in [5.41, 5.74) is 7.73. The summed E-state index contributed by atoms with van der Waals surface area (Å²) in [6.07, 6.45) is 0. The molecule has 206 valence electrons. The van der Waals surface area contributed by atoms with Crippen molar-refractivity contribution in [1.29, 1.82) is 0 Å². The van der Waals surface area contributed by atoms with E-state index in [0.717, 1.165) is 5.30 Å². The normalized spacial score (nSPS) is 18.2. The fourth-order valence-corrected chi connectivity index (χ4v) is 17.4. The van der Waals surface area contributed by atoms with Crippen molar-refractivity contribution in [3.05, 3.63) is 112 Å². The van der Waals surface area contributed by atoms with Crippen molar-refractivity contribution in [2.75, 3.05) is 0 Å². The Kier molecular flexibility index (Phi) is 5.91. The highest BCUT2D eigenvalue weighted by Gasteiger charge is 2.59. The Bertz CT molecular complexity index is 1610. The van der Waals surface area contributed by atoms with Gasteiger partial charge in [-0.2, -0.15) is 0 Å². The first-order valence-electron chi connectivity index (χ1n) is 14.7. The Balaban J connectivity index is 1.90. The van der Waals surface area contributed by atoms with Gasteiger partial charge in [0.15, 0.2) is 7.14 Å². The van der Waals surface area contributed by atoms with Crippen molar-refractivity contribution in [2.24, 2.45) is 0 Å². The van der Waals surface area contributed by atoms with Crippen LogP contribution in [0.15, 0.2) is 89.5 Å². The van der Waals surface area contributed by atoms with Crippen LogP contribution in [0.25, 0.3) is 21.5 Å². The Labute approximate surface area is 243 Å². The van der Waals surface area contributed by atoms with Crippen LogP contribution in [0.4, 0.5) is 0 Å². The molecular formula is C36H43OPSi2. The molecule has 0 unspecified atom stereocenters. The van der Waals surface area contributed by atoms with Gasteiger partial charge >= 0.3 is 0 Å². The molecule has 0 aromatic heterocycles. The molecule has 0 saturated heterocycles. The van der Waals surface area contributed by atoms with Crippen LogP contribution < -0.4 is 5.30 Å². The molecule has 3 aromatic carbocycles. The topological polar surface area (TPSA) is 17.1 Å². The van der Waals surface area contributed by atoms with Gasteiger partial charge in [0.2, 0.25) is 0 Å². The lowest BCUT2D eigenvalue weighted by atomic mass is 9.97. The molecule has 0 radical (unpaired) electrons. The number of hydrogen-bond donors (Lipinski definition) is 0. The van der Waals surface area contributed by atoms with Gasteiger partial charge in [0.25, 0.3) is 0 Å². The molecule has 2 aliphatic carbocycles. The zero-order chi connectivity index (χ0) is 29.0. The molecule has 3 aromatic rings. The molecule has 4 heteroatoms. The summed E-state index contributed by atoms with van der Waals surface area (Å²) < 4.78 is 16.6. The second-order valence-corrected chi connectivity index (χ2v) is 28.1. The van der Waals surface area contributed by atoms with Crippen LogP contribution in [-0.2, 0) is 4.57 Å². The van der Waals surface area contributed by atoms with E-state index in [2.05, 4.69) is 147 Å². The second kappa shape index (κ2) is 8.54. The molecule has 3 aliphatic rings. The van der Waals surface area contributed by atoms with Gasteiger partial charge in [-0.15, -0.1) is 0 Å².